The molecular weight excluding hydrogens is 396 g/mol. The van der Waals surface area contributed by atoms with Gasteiger partial charge in [0.1, 0.15) is 11.5 Å². The largest absolute Gasteiger partial charge is 0.497 e. The van der Waals surface area contributed by atoms with Gasteiger partial charge < -0.3 is 14.8 Å². The van der Waals surface area contributed by atoms with Gasteiger partial charge in [0, 0.05) is 23.0 Å². The highest BCUT2D eigenvalue weighted by molar-refractivity contribution is 9.10. The van der Waals surface area contributed by atoms with E-state index in [9.17, 15) is 13.6 Å². The molecule has 1 N–H and O–H groups in total. The second-order valence-corrected chi connectivity index (χ2v) is 6.17. The lowest BCUT2D eigenvalue weighted by Crippen LogP contribution is -2.23. The van der Waals surface area contributed by atoms with Crippen molar-refractivity contribution in [1.82, 2.24) is 5.32 Å². The lowest BCUT2D eigenvalue weighted by Gasteiger charge is -2.12. The van der Waals surface area contributed by atoms with Crippen molar-refractivity contribution in [1.29, 1.82) is 0 Å². The maximum atomic E-state index is 12.4. The first-order valence-corrected chi connectivity index (χ1v) is 8.40. The molecule has 0 aliphatic carbocycles. The van der Waals surface area contributed by atoms with E-state index in [1.54, 1.807) is 19.2 Å². The number of amides is 1. The number of hydrogen-bond donors (Lipinski definition) is 1. The van der Waals surface area contributed by atoms with Crippen LogP contribution in [0.2, 0.25) is 0 Å². The standard InChI is InChI=1S/C18H18BrF2NO3/c1-24-15-4-2-3-12(9-15)5-8-17(23)22-11-13-10-14(19)6-7-16(13)25-18(20)21/h2-4,6-7,9-10,18H,5,8,11H2,1H3,(H,22,23). The summed E-state index contributed by atoms with van der Waals surface area (Å²) in [5, 5.41) is 2.72. The highest BCUT2D eigenvalue weighted by atomic mass is 79.9. The number of hydrogen-bond acceptors (Lipinski definition) is 3. The predicted molar refractivity (Wildman–Crippen MR) is 93.9 cm³/mol. The third kappa shape index (κ3) is 6.34. The Morgan fingerprint density at radius 2 is 2.04 bits per heavy atom. The third-order valence-corrected chi connectivity index (χ3v) is 3.98. The zero-order valence-electron chi connectivity index (χ0n) is 13.6. The number of halogens is 3. The third-order valence-electron chi connectivity index (χ3n) is 3.49. The monoisotopic (exact) mass is 413 g/mol. The van der Waals surface area contributed by atoms with Crippen LogP contribution in [0, 0.1) is 0 Å². The van der Waals surface area contributed by atoms with Crippen LogP contribution in [-0.4, -0.2) is 19.6 Å². The summed E-state index contributed by atoms with van der Waals surface area (Å²) in [5.41, 5.74) is 1.46. The molecule has 2 aromatic rings. The van der Waals surface area contributed by atoms with Gasteiger partial charge in [-0.3, -0.25) is 4.79 Å². The number of methoxy groups -OCH3 is 1. The van der Waals surface area contributed by atoms with E-state index in [1.807, 2.05) is 24.3 Å². The summed E-state index contributed by atoms with van der Waals surface area (Å²) in [6.45, 7) is -2.80. The SMILES string of the molecule is COc1cccc(CCC(=O)NCc2cc(Br)ccc2OC(F)F)c1. The van der Waals surface area contributed by atoms with Gasteiger partial charge in [0.05, 0.1) is 7.11 Å². The summed E-state index contributed by atoms with van der Waals surface area (Å²) >= 11 is 3.28. The molecular formula is C18H18BrF2NO3. The van der Waals surface area contributed by atoms with Crippen LogP contribution in [0.5, 0.6) is 11.5 Å². The Kier molecular flexibility index (Phi) is 7.18. The molecule has 0 aromatic heterocycles. The quantitative estimate of drug-likeness (QED) is 0.701. The normalized spacial score (nSPS) is 10.6. The van der Waals surface area contributed by atoms with Gasteiger partial charge in [0.15, 0.2) is 0 Å². The fraction of sp³-hybridized carbons (Fsp3) is 0.278. The lowest BCUT2D eigenvalue weighted by molar-refractivity contribution is -0.121. The second kappa shape index (κ2) is 9.36. The van der Waals surface area contributed by atoms with E-state index in [0.717, 1.165) is 15.8 Å². The van der Waals surface area contributed by atoms with Gasteiger partial charge in [0.2, 0.25) is 5.91 Å². The van der Waals surface area contributed by atoms with Crippen LogP contribution in [0.1, 0.15) is 17.5 Å². The Morgan fingerprint density at radius 3 is 2.76 bits per heavy atom. The zero-order chi connectivity index (χ0) is 18.2. The van der Waals surface area contributed by atoms with Crippen molar-refractivity contribution in [3.63, 3.8) is 0 Å². The first-order valence-electron chi connectivity index (χ1n) is 7.61. The molecule has 0 spiro atoms. The molecule has 0 bridgehead atoms. The summed E-state index contributed by atoms with van der Waals surface area (Å²) in [6.07, 6.45) is 0.841. The maximum Gasteiger partial charge on any atom is 0.387 e. The van der Waals surface area contributed by atoms with Crippen LogP contribution < -0.4 is 14.8 Å². The second-order valence-electron chi connectivity index (χ2n) is 5.26. The zero-order valence-corrected chi connectivity index (χ0v) is 15.2. The molecule has 0 heterocycles. The van der Waals surface area contributed by atoms with E-state index in [4.69, 9.17) is 4.74 Å². The molecule has 0 saturated carbocycles. The molecule has 0 fully saturated rings. The van der Waals surface area contributed by atoms with Crippen LogP contribution in [0.4, 0.5) is 8.78 Å². The molecule has 0 radical (unpaired) electrons. The lowest BCUT2D eigenvalue weighted by atomic mass is 10.1. The Hall–Kier alpha value is -2.15. The number of nitrogens with one attached hydrogen (secondary N) is 1. The van der Waals surface area contributed by atoms with Crippen LogP contribution in [-0.2, 0) is 17.8 Å². The summed E-state index contributed by atoms with van der Waals surface area (Å²) in [6, 6.07) is 12.2. The Balaban J connectivity index is 1.90. The molecule has 0 atom stereocenters. The van der Waals surface area contributed by atoms with Gasteiger partial charge in [-0.15, -0.1) is 0 Å². The minimum Gasteiger partial charge on any atom is -0.497 e. The summed E-state index contributed by atoms with van der Waals surface area (Å²) in [4.78, 5) is 12.0. The molecule has 0 aliphatic rings. The smallest absolute Gasteiger partial charge is 0.387 e. The van der Waals surface area contributed by atoms with Crippen molar-refractivity contribution in [3.8, 4) is 11.5 Å². The number of ether oxygens (including phenoxy) is 2. The van der Waals surface area contributed by atoms with Gasteiger partial charge >= 0.3 is 6.61 Å². The number of alkyl halides is 2. The molecule has 0 aliphatic heterocycles. The topological polar surface area (TPSA) is 47.6 Å². The average Bonchev–Trinajstić information content (AvgIpc) is 2.60. The van der Waals surface area contributed by atoms with E-state index < -0.39 is 6.61 Å². The van der Waals surface area contributed by atoms with Crippen molar-refractivity contribution < 1.29 is 23.0 Å². The van der Waals surface area contributed by atoms with Crippen molar-refractivity contribution in [2.75, 3.05) is 7.11 Å². The average molecular weight is 414 g/mol. The van der Waals surface area contributed by atoms with Crippen molar-refractivity contribution >= 4 is 21.8 Å². The number of carbonyl (C=O) groups excluding carboxylic acids is 1. The number of carbonyl (C=O) groups is 1. The molecule has 2 aromatic carbocycles. The fourth-order valence-corrected chi connectivity index (χ4v) is 2.67. The van der Waals surface area contributed by atoms with Gasteiger partial charge in [-0.1, -0.05) is 28.1 Å². The first kappa shape index (κ1) is 19.2. The Bertz CT molecular complexity index is 725. The molecule has 0 unspecified atom stereocenters. The highest BCUT2D eigenvalue weighted by Gasteiger charge is 2.11. The van der Waals surface area contributed by atoms with Crippen molar-refractivity contribution in [3.05, 3.63) is 58.1 Å². The van der Waals surface area contributed by atoms with Gasteiger partial charge in [-0.25, -0.2) is 0 Å². The summed E-state index contributed by atoms with van der Waals surface area (Å²) in [5.74, 6) is 0.609. The highest BCUT2D eigenvalue weighted by Crippen LogP contribution is 2.24. The first-order chi connectivity index (χ1) is 12.0. The predicted octanol–water partition coefficient (Wildman–Crippen LogP) is 4.31. The molecule has 2 rings (SSSR count). The number of rotatable bonds is 8. The molecule has 134 valence electrons. The van der Waals surface area contributed by atoms with Crippen LogP contribution in [0.15, 0.2) is 46.9 Å². The maximum absolute atomic E-state index is 12.4. The van der Waals surface area contributed by atoms with E-state index in [0.29, 0.717) is 12.0 Å². The molecule has 4 nitrogen and oxygen atoms in total. The van der Waals surface area contributed by atoms with Crippen LogP contribution >= 0.6 is 15.9 Å². The fourth-order valence-electron chi connectivity index (χ4n) is 2.27. The Morgan fingerprint density at radius 1 is 1.24 bits per heavy atom. The molecule has 7 heteroatoms. The van der Waals surface area contributed by atoms with E-state index in [1.165, 1.54) is 6.07 Å². The van der Waals surface area contributed by atoms with Crippen LogP contribution in [0.25, 0.3) is 0 Å². The molecule has 1 amide bonds. The number of benzene rings is 2. The summed E-state index contributed by atoms with van der Waals surface area (Å²) < 4.78 is 35.2. The molecule has 25 heavy (non-hydrogen) atoms. The van der Waals surface area contributed by atoms with Gasteiger partial charge in [0.25, 0.3) is 0 Å². The van der Waals surface area contributed by atoms with Crippen molar-refractivity contribution in [2.45, 2.75) is 26.0 Å². The van der Waals surface area contributed by atoms with Crippen molar-refractivity contribution in [2.24, 2.45) is 0 Å². The van der Waals surface area contributed by atoms with Gasteiger partial charge in [-0.2, -0.15) is 8.78 Å². The summed E-state index contributed by atoms with van der Waals surface area (Å²) in [7, 11) is 1.59. The van der Waals surface area contributed by atoms with Crippen LogP contribution in [0.3, 0.4) is 0 Å². The van der Waals surface area contributed by atoms with E-state index in [-0.39, 0.29) is 24.6 Å². The minimum absolute atomic E-state index is 0.0475. The number of aryl methyl sites for hydroxylation is 1. The Labute approximate surface area is 153 Å². The van der Waals surface area contributed by atoms with Gasteiger partial charge in [-0.05, 0) is 42.3 Å². The van der Waals surface area contributed by atoms with E-state index >= 15 is 0 Å². The minimum atomic E-state index is -2.91. The van der Waals surface area contributed by atoms with E-state index in [2.05, 4.69) is 26.0 Å². The molecule has 0 saturated heterocycles.